The Balaban J connectivity index is 1.45. The molecule has 1 aliphatic carbocycles. The highest BCUT2D eigenvalue weighted by molar-refractivity contribution is 7.89. The Kier molecular flexibility index (Phi) is 6.53. The van der Waals surface area contributed by atoms with Crippen molar-refractivity contribution in [3.63, 3.8) is 0 Å². The highest BCUT2D eigenvalue weighted by Crippen LogP contribution is 2.44. The fourth-order valence-corrected chi connectivity index (χ4v) is 7.23. The van der Waals surface area contributed by atoms with E-state index in [-0.39, 0.29) is 29.4 Å². The van der Waals surface area contributed by atoms with Gasteiger partial charge in [-0.05, 0) is 38.8 Å². The van der Waals surface area contributed by atoms with Gasteiger partial charge in [-0.15, -0.1) is 0 Å². The lowest BCUT2D eigenvalue weighted by Crippen LogP contribution is -2.54. The van der Waals surface area contributed by atoms with Crippen molar-refractivity contribution in [1.82, 2.24) is 29.2 Å². The van der Waals surface area contributed by atoms with Crippen LogP contribution in [-0.4, -0.2) is 109 Å². The van der Waals surface area contributed by atoms with E-state index in [0.717, 1.165) is 18.4 Å². The number of benzene rings is 1. The fraction of sp³-hybridized carbons (Fsp3) is 0.556. The van der Waals surface area contributed by atoms with Crippen LogP contribution in [0.25, 0.3) is 0 Å². The molecular formula is C27H37N9O4S. The summed E-state index contributed by atoms with van der Waals surface area (Å²) in [6, 6.07) is 3.10. The lowest BCUT2D eigenvalue weighted by atomic mass is 10.0. The Morgan fingerprint density at radius 1 is 1.17 bits per heavy atom. The first-order valence-electron chi connectivity index (χ1n) is 13.9. The number of sulfonamides is 1. The number of nitrogens with zero attached hydrogens (tertiary/aromatic N) is 8. The number of amides is 3. The molecule has 0 spiro atoms. The number of guanidine groups is 1. The summed E-state index contributed by atoms with van der Waals surface area (Å²) in [6.45, 7) is 6.69. The third-order valence-electron chi connectivity index (χ3n) is 8.24. The maximum atomic E-state index is 14.2. The Morgan fingerprint density at radius 3 is 2.49 bits per heavy atom. The van der Waals surface area contributed by atoms with Gasteiger partial charge in [-0.25, -0.2) is 17.9 Å². The third kappa shape index (κ3) is 4.92. The van der Waals surface area contributed by atoms with E-state index in [0.29, 0.717) is 55.6 Å². The third-order valence-corrected chi connectivity index (χ3v) is 9.86. The molecule has 0 bridgehead atoms. The Morgan fingerprint density at radius 2 is 1.88 bits per heavy atom. The summed E-state index contributed by atoms with van der Waals surface area (Å²) in [5.41, 5.74) is 2.04. The number of aliphatic imine (C=N–C) groups is 1. The number of aryl methyl sites for hydroxylation is 1. The molecule has 1 atom stereocenters. The van der Waals surface area contributed by atoms with E-state index in [2.05, 4.69) is 26.5 Å². The summed E-state index contributed by atoms with van der Waals surface area (Å²) >= 11 is 0. The van der Waals surface area contributed by atoms with Crippen LogP contribution in [-0.2, 0) is 23.6 Å². The normalized spacial score (nSPS) is 21.5. The smallest absolute Gasteiger partial charge is 0.319 e. The molecule has 1 aromatic heterocycles. The second-order valence-electron chi connectivity index (χ2n) is 11.9. The van der Waals surface area contributed by atoms with Crippen molar-refractivity contribution in [2.24, 2.45) is 12.0 Å². The van der Waals surface area contributed by atoms with E-state index in [4.69, 9.17) is 4.99 Å². The first kappa shape index (κ1) is 27.5. The van der Waals surface area contributed by atoms with Crippen LogP contribution in [0.1, 0.15) is 42.6 Å². The van der Waals surface area contributed by atoms with E-state index < -0.39 is 15.6 Å². The first-order chi connectivity index (χ1) is 19.4. The van der Waals surface area contributed by atoms with Gasteiger partial charge in [0, 0.05) is 64.6 Å². The molecule has 2 fully saturated rings. The summed E-state index contributed by atoms with van der Waals surface area (Å²) in [7, 11) is 1.38. The molecule has 13 nitrogen and oxygen atoms in total. The van der Waals surface area contributed by atoms with Gasteiger partial charge in [-0.3, -0.25) is 19.4 Å². The minimum Gasteiger partial charge on any atom is -0.366 e. The zero-order valence-corrected chi connectivity index (χ0v) is 25.0. The SMILES string of the molecule is CC1CN=C2N(Cc3cnn(C)c3)C(=O)c3cc(S(=O)(=O)NC4(C)CC4)cc(N4CCN(C(=O)N(C)C)CC4)c3N21. The van der Waals surface area contributed by atoms with Crippen LogP contribution in [0.5, 0.6) is 0 Å². The summed E-state index contributed by atoms with van der Waals surface area (Å²) in [5, 5.41) is 4.24. The average Bonchev–Trinajstić information content (AvgIpc) is 3.30. The average molecular weight is 584 g/mol. The van der Waals surface area contributed by atoms with Crippen molar-refractivity contribution in [2.45, 2.75) is 49.7 Å². The maximum Gasteiger partial charge on any atom is 0.319 e. The molecule has 3 amide bonds. The van der Waals surface area contributed by atoms with Gasteiger partial charge in [0.2, 0.25) is 16.0 Å². The van der Waals surface area contributed by atoms with Gasteiger partial charge >= 0.3 is 6.03 Å². The number of carbonyl (C=O) groups is 2. The molecule has 1 saturated heterocycles. The van der Waals surface area contributed by atoms with Crippen LogP contribution in [0.4, 0.5) is 16.2 Å². The molecule has 14 heteroatoms. The van der Waals surface area contributed by atoms with Crippen molar-refractivity contribution < 1.29 is 18.0 Å². The lowest BCUT2D eigenvalue weighted by molar-refractivity contribution is 0.0832. The van der Waals surface area contributed by atoms with Crippen molar-refractivity contribution in [1.29, 1.82) is 0 Å². The van der Waals surface area contributed by atoms with Crippen molar-refractivity contribution in [3.8, 4) is 0 Å². The summed E-state index contributed by atoms with van der Waals surface area (Å²) in [6.07, 6.45) is 5.12. The van der Waals surface area contributed by atoms with E-state index in [1.54, 1.807) is 45.7 Å². The number of rotatable bonds is 6. The van der Waals surface area contributed by atoms with Gasteiger partial charge in [0.25, 0.3) is 5.91 Å². The van der Waals surface area contributed by atoms with Crippen LogP contribution in [0.3, 0.4) is 0 Å². The molecule has 1 aromatic carbocycles. The van der Waals surface area contributed by atoms with Gasteiger partial charge in [0.1, 0.15) is 0 Å². The number of piperazine rings is 1. The predicted molar refractivity (Wildman–Crippen MR) is 155 cm³/mol. The topological polar surface area (TPSA) is 127 Å². The van der Waals surface area contributed by atoms with Crippen molar-refractivity contribution in [3.05, 3.63) is 35.7 Å². The van der Waals surface area contributed by atoms with Crippen LogP contribution < -0.4 is 14.5 Å². The minimum atomic E-state index is -3.90. The summed E-state index contributed by atoms with van der Waals surface area (Å²) in [5.74, 6) is 0.256. The molecule has 220 valence electrons. The number of urea groups is 1. The number of fused-ring (bicyclic) bond motifs is 3. The molecule has 2 aromatic rings. The summed E-state index contributed by atoms with van der Waals surface area (Å²) < 4.78 is 31.8. The number of aromatic nitrogens is 2. The molecule has 3 aliphatic heterocycles. The van der Waals surface area contributed by atoms with E-state index >= 15 is 0 Å². The zero-order valence-electron chi connectivity index (χ0n) is 24.2. The molecule has 6 rings (SSSR count). The monoisotopic (exact) mass is 583 g/mol. The highest BCUT2D eigenvalue weighted by atomic mass is 32.2. The van der Waals surface area contributed by atoms with Crippen molar-refractivity contribution in [2.75, 3.05) is 56.6 Å². The number of anilines is 2. The van der Waals surface area contributed by atoms with E-state index in [1.165, 1.54) is 6.07 Å². The van der Waals surface area contributed by atoms with Gasteiger partial charge in [0.15, 0.2) is 0 Å². The van der Waals surface area contributed by atoms with Gasteiger partial charge in [-0.2, -0.15) is 5.10 Å². The zero-order chi connectivity index (χ0) is 29.3. The molecule has 0 radical (unpaired) electrons. The molecule has 4 aliphatic rings. The number of hydrogen-bond donors (Lipinski definition) is 1. The molecule has 1 N–H and O–H groups in total. The second-order valence-corrected chi connectivity index (χ2v) is 13.6. The van der Waals surface area contributed by atoms with E-state index in [9.17, 15) is 18.0 Å². The largest absolute Gasteiger partial charge is 0.366 e. The number of nitrogens with one attached hydrogen (secondary N) is 1. The van der Waals surface area contributed by atoms with Gasteiger partial charge < -0.3 is 19.6 Å². The predicted octanol–water partition coefficient (Wildman–Crippen LogP) is 1.28. The standard InChI is InChI=1S/C27H37N9O4S/c1-18-14-28-25-35(17-19-15-29-32(5)16-19)24(37)21-12-20(41(39,40)30-27(2)6-7-27)13-22(23(21)36(18)25)33-8-10-34(11-9-33)26(38)31(3)4/h12-13,15-16,18,30H,6-11,14,17H2,1-5H3. The Hall–Kier alpha value is -3.65. The molecule has 4 heterocycles. The van der Waals surface area contributed by atoms with Crippen molar-refractivity contribution >= 4 is 39.3 Å². The fourth-order valence-electron chi connectivity index (χ4n) is 5.72. The quantitative estimate of drug-likeness (QED) is 0.543. The summed E-state index contributed by atoms with van der Waals surface area (Å²) in [4.78, 5) is 40.7. The maximum absolute atomic E-state index is 14.2. The number of hydrogen-bond acceptors (Lipinski definition) is 8. The molecule has 1 saturated carbocycles. The minimum absolute atomic E-state index is 0.0328. The Labute approximate surface area is 240 Å². The molecular weight excluding hydrogens is 546 g/mol. The van der Waals surface area contributed by atoms with Gasteiger partial charge in [-0.1, -0.05) is 0 Å². The highest BCUT2D eigenvalue weighted by Gasteiger charge is 2.45. The van der Waals surface area contributed by atoms with Crippen LogP contribution in [0, 0.1) is 0 Å². The van der Waals surface area contributed by atoms with Crippen LogP contribution >= 0.6 is 0 Å². The van der Waals surface area contributed by atoms with Crippen LogP contribution in [0.2, 0.25) is 0 Å². The van der Waals surface area contributed by atoms with Gasteiger partial charge in [0.05, 0.1) is 47.2 Å². The van der Waals surface area contributed by atoms with E-state index in [1.807, 2.05) is 20.2 Å². The van der Waals surface area contributed by atoms with Crippen LogP contribution in [0.15, 0.2) is 34.4 Å². The molecule has 41 heavy (non-hydrogen) atoms. The second kappa shape index (κ2) is 9.72. The first-order valence-corrected chi connectivity index (χ1v) is 15.4. The Bertz CT molecular complexity index is 1540. The molecule has 1 unspecified atom stereocenters. The lowest BCUT2D eigenvalue weighted by Gasteiger charge is -2.43. The number of carbonyl (C=O) groups excluding carboxylic acids is 2.